The molecule has 1 saturated heterocycles. The van der Waals surface area contributed by atoms with Crippen LogP contribution >= 0.6 is 0 Å². The molecule has 5 heteroatoms. The highest BCUT2D eigenvalue weighted by molar-refractivity contribution is 5.52. The molecule has 88 valence electrons. The van der Waals surface area contributed by atoms with Crippen LogP contribution in [0.3, 0.4) is 0 Å². The molecule has 0 bridgehead atoms. The van der Waals surface area contributed by atoms with E-state index in [0.29, 0.717) is 5.89 Å². The second-order valence-electron chi connectivity index (χ2n) is 4.06. The smallest absolute Gasteiger partial charge is 0.233 e. The van der Waals surface area contributed by atoms with Crippen molar-refractivity contribution in [1.29, 1.82) is 0 Å². The van der Waals surface area contributed by atoms with Crippen molar-refractivity contribution in [2.24, 2.45) is 0 Å². The van der Waals surface area contributed by atoms with Crippen molar-refractivity contribution < 1.29 is 9.32 Å². The summed E-state index contributed by atoms with van der Waals surface area (Å²) in [5, 5.41) is 3.97. The number of likely N-dealkylation sites (tertiary alicyclic amines) is 1. The van der Waals surface area contributed by atoms with Gasteiger partial charge in [-0.1, -0.05) is 18.5 Å². The standard InChI is InChI=1S/C11H17N3O2/c1-2-14-7-4-3-5-9(14)11-12-10(6-8-15)16-13-11/h8-9H,2-7H2,1H3. The van der Waals surface area contributed by atoms with Gasteiger partial charge in [0.15, 0.2) is 5.82 Å². The van der Waals surface area contributed by atoms with Gasteiger partial charge in [-0.2, -0.15) is 4.98 Å². The van der Waals surface area contributed by atoms with Crippen LogP contribution in [-0.2, 0) is 11.2 Å². The molecule has 0 saturated carbocycles. The minimum absolute atomic E-state index is 0.214. The van der Waals surface area contributed by atoms with Crippen LogP contribution in [0.25, 0.3) is 0 Å². The summed E-state index contributed by atoms with van der Waals surface area (Å²) < 4.78 is 5.03. The van der Waals surface area contributed by atoms with Crippen LogP contribution in [0.1, 0.15) is 43.9 Å². The molecule has 0 radical (unpaired) electrons. The normalized spacial score (nSPS) is 22.2. The Kier molecular flexibility index (Phi) is 3.66. The maximum atomic E-state index is 10.3. The fourth-order valence-electron chi connectivity index (χ4n) is 2.22. The van der Waals surface area contributed by atoms with Crippen LogP contribution in [0.15, 0.2) is 4.52 Å². The van der Waals surface area contributed by atoms with Gasteiger partial charge in [0.2, 0.25) is 5.89 Å². The number of carbonyl (C=O) groups excluding carboxylic acids is 1. The molecule has 1 aromatic rings. The first kappa shape index (κ1) is 11.3. The maximum absolute atomic E-state index is 10.3. The van der Waals surface area contributed by atoms with Gasteiger partial charge >= 0.3 is 0 Å². The van der Waals surface area contributed by atoms with Gasteiger partial charge < -0.3 is 9.32 Å². The molecule has 1 aliphatic heterocycles. The third-order valence-electron chi connectivity index (χ3n) is 3.06. The van der Waals surface area contributed by atoms with Crippen LogP contribution in [0.5, 0.6) is 0 Å². The highest BCUT2D eigenvalue weighted by atomic mass is 16.5. The fraction of sp³-hybridized carbons (Fsp3) is 0.727. The molecule has 0 aromatic carbocycles. The zero-order chi connectivity index (χ0) is 11.4. The molecule has 16 heavy (non-hydrogen) atoms. The molecule has 1 atom stereocenters. The van der Waals surface area contributed by atoms with Crippen LogP contribution in [-0.4, -0.2) is 34.4 Å². The Labute approximate surface area is 94.8 Å². The lowest BCUT2D eigenvalue weighted by Crippen LogP contribution is -2.33. The maximum Gasteiger partial charge on any atom is 0.233 e. The van der Waals surface area contributed by atoms with E-state index in [9.17, 15) is 4.79 Å². The van der Waals surface area contributed by atoms with E-state index in [0.717, 1.165) is 31.6 Å². The van der Waals surface area contributed by atoms with E-state index in [4.69, 9.17) is 4.52 Å². The summed E-state index contributed by atoms with van der Waals surface area (Å²) in [6.07, 6.45) is 4.53. The minimum Gasteiger partial charge on any atom is -0.339 e. The van der Waals surface area contributed by atoms with Gasteiger partial charge in [-0.05, 0) is 25.9 Å². The molecular weight excluding hydrogens is 206 g/mol. The predicted molar refractivity (Wildman–Crippen MR) is 57.9 cm³/mol. The summed E-state index contributed by atoms with van der Waals surface area (Å²) >= 11 is 0. The minimum atomic E-state index is 0.214. The van der Waals surface area contributed by atoms with Crippen molar-refractivity contribution in [3.63, 3.8) is 0 Å². The van der Waals surface area contributed by atoms with Gasteiger partial charge in [0.05, 0.1) is 12.5 Å². The Morgan fingerprint density at radius 1 is 1.56 bits per heavy atom. The highest BCUT2D eigenvalue weighted by Gasteiger charge is 2.26. The van der Waals surface area contributed by atoms with Crippen LogP contribution in [0, 0.1) is 0 Å². The SMILES string of the molecule is CCN1CCCCC1c1noc(CC=O)n1. The Balaban J connectivity index is 2.10. The van der Waals surface area contributed by atoms with E-state index in [1.54, 1.807) is 0 Å². The molecule has 1 unspecified atom stereocenters. The molecule has 0 aliphatic carbocycles. The number of carbonyl (C=O) groups is 1. The topological polar surface area (TPSA) is 59.2 Å². The van der Waals surface area contributed by atoms with Crippen molar-refractivity contribution in [2.45, 2.75) is 38.6 Å². The second-order valence-corrected chi connectivity index (χ2v) is 4.06. The largest absolute Gasteiger partial charge is 0.339 e. The third kappa shape index (κ3) is 2.29. The van der Waals surface area contributed by atoms with Crippen molar-refractivity contribution in [1.82, 2.24) is 15.0 Å². The molecule has 2 rings (SSSR count). The molecule has 0 amide bonds. The molecule has 1 aromatic heterocycles. The van der Waals surface area contributed by atoms with Crippen LogP contribution in [0.4, 0.5) is 0 Å². The number of aromatic nitrogens is 2. The van der Waals surface area contributed by atoms with E-state index in [2.05, 4.69) is 22.0 Å². The Morgan fingerprint density at radius 3 is 3.19 bits per heavy atom. The first-order chi connectivity index (χ1) is 7.85. The fourth-order valence-corrected chi connectivity index (χ4v) is 2.22. The lowest BCUT2D eigenvalue weighted by atomic mass is 10.0. The van der Waals surface area contributed by atoms with Crippen molar-refractivity contribution in [3.05, 3.63) is 11.7 Å². The quantitative estimate of drug-likeness (QED) is 0.721. The number of nitrogens with zero attached hydrogens (tertiary/aromatic N) is 3. The highest BCUT2D eigenvalue weighted by Crippen LogP contribution is 2.28. The van der Waals surface area contributed by atoms with E-state index in [-0.39, 0.29) is 12.5 Å². The summed E-state index contributed by atoms with van der Waals surface area (Å²) in [6, 6.07) is 0.267. The van der Waals surface area contributed by atoms with E-state index < -0.39 is 0 Å². The summed E-state index contributed by atoms with van der Waals surface area (Å²) in [6.45, 7) is 4.24. The lowest BCUT2D eigenvalue weighted by molar-refractivity contribution is -0.107. The van der Waals surface area contributed by atoms with Gasteiger partial charge in [0, 0.05) is 0 Å². The summed E-state index contributed by atoms with van der Waals surface area (Å²) in [4.78, 5) is 17.0. The first-order valence-electron chi connectivity index (χ1n) is 5.85. The van der Waals surface area contributed by atoms with E-state index in [1.165, 1.54) is 12.8 Å². The molecule has 0 spiro atoms. The lowest BCUT2D eigenvalue weighted by Gasteiger charge is -2.32. The zero-order valence-corrected chi connectivity index (χ0v) is 9.56. The Bertz CT molecular complexity index is 351. The molecule has 5 nitrogen and oxygen atoms in total. The number of aldehydes is 1. The zero-order valence-electron chi connectivity index (χ0n) is 9.56. The molecular formula is C11H17N3O2. The van der Waals surface area contributed by atoms with E-state index >= 15 is 0 Å². The number of rotatable bonds is 4. The third-order valence-corrected chi connectivity index (χ3v) is 3.06. The Hall–Kier alpha value is -1.23. The van der Waals surface area contributed by atoms with Crippen LogP contribution in [0.2, 0.25) is 0 Å². The monoisotopic (exact) mass is 223 g/mol. The van der Waals surface area contributed by atoms with E-state index in [1.807, 2.05) is 0 Å². The predicted octanol–water partition coefficient (Wildman–Crippen LogP) is 1.36. The summed E-state index contributed by atoms with van der Waals surface area (Å²) in [7, 11) is 0. The Morgan fingerprint density at radius 2 is 2.44 bits per heavy atom. The first-order valence-corrected chi connectivity index (χ1v) is 5.85. The average molecular weight is 223 g/mol. The van der Waals surface area contributed by atoms with Crippen molar-refractivity contribution in [2.75, 3.05) is 13.1 Å². The number of hydrogen-bond acceptors (Lipinski definition) is 5. The van der Waals surface area contributed by atoms with Gasteiger partial charge in [-0.25, -0.2) is 0 Å². The van der Waals surface area contributed by atoms with Crippen molar-refractivity contribution >= 4 is 6.29 Å². The summed E-state index contributed by atoms with van der Waals surface area (Å²) in [5.41, 5.74) is 0. The summed E-state index contributed by atoms with van der Waals surface area (Å²) in [5.74, 6) is 1.16. The van der Waals surface area contributed by atoms with Crippen LogP contribution < -0.4 is 0 Å². The average Bonchev–Trinajstić information content (AvgIpc) is 2.78. The number of hydrogen-bond donors (Lipinski definition) is 0. The van der Waals surface area contributed by atoms with Gasteiger partial charge in [-0.15, -0.1) is 0 Å². The van der Waals surface area contributed by atoms with Crippen molar-refractivity contribution in [3.8, 4) is 0 Å². The van der Waals surface area contributed by atoms with Gasteiger partial charge in [0.25, 0.3) is 0 Å². The molecule has 1 aliphatic rings. The number of piperidine rings is 1. The molecule has 0 N–H and O–H groups in total. The second kappa shape index (κ2) is 5.21. The van der Waals surface area contributed by atoms with Gasteiger partial charge in [0.1, 0.15) is 6.29 Å². The van der Waals surface area contributed by atoms with Gasteiger partial charge in [-0.3, -0.25) is 4.90 Å². The molecule has 1 fully saturated rings. The molecule has 2 heterocycles.